The van der Waals surface area contributed by atoms with E-state index in [4.69, 9.17) is 15.2 Å². The Labute approximate surface area is 134 Å². The monoisotopic (exact) mass is 310 g/mol. The Bertz CT molecular complexity index is 803. The van der Waals surface area contributed by atoms with Crippen LogP contribution in [0.1, 0.15) is 22.7 Å². The number of benzene rings is 2. The summed E-state index contributed by atoms with van der Waals surface area (Å²) >= 11 is 0. The summed E-state index contributed by atoms with van der Waals surface area (Å²) in [7, 11) is 0. The van der Waals surface area contributed by atoms with Gasteiger partial charge in [0, 0.05) is 5.69 Å². The van der Waals surface area contributed by atoms with Gasteiger partial charge < -0.3 is 20.1 Å². The number of carbonyl (C=O) groups excluding carboxylic acids is 1. The van der Waals surface area contributed by atoms with E-state index in [1.54, 1.807) is 4.90 Å². The van der Waals surface area contributed by atoms with Gasteiger partial charge in [-0.2, -0.15) is 0 Å². The SMILES string of the molecule is Cc1ccc(N2C(=O)C(N)C2c2ccc3c(c2)OCO3)cc1C. The summed E-state index contributed by atoms with van der Waals surface area (Å²) < 4.78 is 10.8. The van der Waals surface area contributed by atoms with Crippen LogP contribution in [0.5, 0.6) is 11.5 Å². The highest BCUT2D eigenvalue weighted by Gasteiger charge is 2.47. The van der Waals surface area contributed by atoms with Crippen LogP contribution in [-0.2, 0) is 4.79 Å². The number of ether oxygens (including phenoxy) is 2. The molecule has 0 saturated carbocycles. The van der Waals surface area contributed by atoms with E-state index in [1.807, 2.05) is 43.3 Å². The molecule has 4 rings (SSSR count). The van der Waals surface area contributed by atoms with Crippen LogP contribution in [0, 0.1) is 13.8 Å². The van der Waals surface area contributed by atoms with Crippen LogP contribution in [0.3, 0.4) is 0 Å². The molecule has 118 valence electrons. The van der Waals surface area contributed by atoms with Crippen molar-refractivity contribution in [3.8, 4) is 11.5 Å². The maximum atomic E-state index is 12.3. The molecule has 0 aromatic heterocycles. The molecule has 2 aliphatic rings. The third kappa shape index (κ3) is 2.08. The first kappa shape index (κ1) is 14.1. The first-order chi connectivity index (χ1) is 11.1. The molecule has 2 aromatic carbocycles. The lowest BCUT2D eigenvalue weighted by Gasteiger charge is -2.45. The zero-order chi connectivity index (χ0) is 16.1. The number of rotatable bonds is 2. The number of anilines is 1. The first-order valence-corrected chi connectivity index (χ1v) is 7.62. The van der Waals surface area contributed by atoms with Crippen molar-refractivity contribution in [1.82, 2.24) is 0 Å². The molecule has 1 saturated heterocycles. The van der Waals surface area contributed by atoms with Crippen LogP contribution in [0.15, 0.2) is 36.4 Å². The molecule has 1 fully saturated rings. The van der Waals surface area contributed by atoms with Crippen molar-refractivity contribution in [1.29, 1.82) is 0 Å². The molecular weight excluding hydrogens is 292 g/mol. The quantitative estimate of drug-likeness (QED) is 0.865. The summed E-state index contributed by atoms with van der Waals surface area (Å²) in [5.41, 5.74) is 10.3. The highest BCUT2D eigenvalue weighted by atomic mass is 16.7. The Balaban J connectivity index is 1.72. The first-order valence-electron chi connectivity index (χ1n) is 7.62. The molecule has 2 aliphatic heterocycles. The van der Waals surface area contributed by atoms with E-state index in [2.05, 4.69) is 6.92 Å². The van der Waals surface area contributed by atoms with Gasteiger partial charge in [0.05, 0.1) is 6.04 Å². The topological polar surface area (TPSA) is 64.8 Å². The van der Waals surface area contributed by atoms with Crippen molar-refractivity contribution in [3.63, 3.8) is 0 Å². The van der Waals surface area contributed by atoms with Gasteiger partial charge in [0.1, 0.15) is 6.04 Å². The third-order valence-electron chi connectivity index (χ3n) is 4.65. The summed E-state index contributed by atoms with van der Waals surface area (Å²) in [6, 6.07) is 11.0. The Hall–Kier alpha value is -2.53. The molecule has 0 bridgehead atoms. The molecule has 1 amide bonds. The number of aryl methyl sites for hydroxylation is 2. The number of nitrogens with zero attached hydrogens (tertiary/aromatic N) is 1. The largest absolute Gasteiger partial charge is 0.454 e. The summed E-state index contributed by atoms with van der Waals surface area (Å²) in [4.78, 5) is 14.1. The van der Waals surface area contributed by atoms with Gasteiger partial charge in [0.2, 0.25) is 12.7 Å². The minimum Gasteiger partial charge on any atom is -0.454 e. The lowest BCUT2D eigenvalue weighted by atomic mass is 9.88. The van der Waals surface area contributed by atoms with E-state index in [-0.39, 0.29) is 18.7 Å². The van der Waals surface area contributed by atoms with Crippen LogP contribution < -0.4 is 20.1 Å². The normalized spacial score (nSPS) is 22.2. The molecule has 0 radical (unpaired) electrons. The average Bonchev–Trinajstić information content (AvgIpc) is 3.02. The van der Waals surface area contributed by atoms with Crippen LogP contribution in [-0.4, -0.2) is 18.7 Å². The fraction of sp³-hybridized carbons (Fsp3) is 0.278. The Kier molecular flexibility index (Phi) is 3.06. The molecule has 23 heavy (non-hydrogen) atoms. The van der Waals surface area contributed by atoms with Crippen molar-refractivity contribution in [2.24, 2.45) is 5.73 Å². The van der Waals surface area contributed by atoms with E-state index in [1.165, 1.54) is 5.56 Å². The van der Waals surface area contributed by atoms with Crippen LogP contribution in [0.25, 0.3) is 0 Å². The van der Waals surface area contributed by atoms with E-state index in [0.29, 0.717) is 5.75 Å². The number of nitrogens with two attached hydrogens (primary N) is 1. The standard InChI is InChI=1S/C18H18N2O3/c1-10-3-5-13(7-11(10)2)20-17(16(19)18(20)21)12-4-6-14-15(8-12)23-9-22-14/h3-8,16-17H,9,19H2,1-2H3. The highest BCUT2D eigenvalue weighted by Crippen LogP contribution is 2.42. The Morgan fingerprint density at radius 2 is 1.83 bits per heavy atom. The van der Waals surface area contributed by atoms with Gasteiger partial charge in [-0.25, -0.2) is 0 Å². The average molecular weight is 310 g/mol. The number of β-lactam (4-membered cyclic amide) rings is 1. The van der Waals surface area contributed by atoms with Crippen LogP contribution in [0.4, 0.5) is 5.69 Å². The molecule has 0 aliphatic carbocycles. The highest BCUT2D eigenvalue weighted by molar-refractivity contribution is 6.05. The Morgan fingerprint density at radius 3 is 2.61 bits per heavy atom. The lowest BCUT2D eigenvalue weighted by Crippen LogP contribution is -2.63. The summed E-state index contributed by atoms with van der Waals surface area (Å²) in [6.45, 7) is 4.33. The van der Waals surface area contributed by atoms with Gasteiger partial charge in [-0.3, -0.25) is 4.79 Å². The molecule has 2 atom stereocenters. The second kappa shape index (κ2) is 4.99. The van der Waals surface area contributed by atoms with Gasteiger partial charge in [0.25, 0.3) is 0 Å². The minimum absolute atomic E-state index is 0.0593. The molecule has 2 unspecified atom stereocenters. The molecule has 0 spiro atoms. The molecule has 2 N–H and O–H groups in total. The van der Waals surface area contributed by atoms with Gasteiger partial charge in [-0.15, -0.1) is 0 Å². The zero-order valence-corrected chi connectivity index (χ0v) is 13.1. The smallest absolute Gasteiger partial charge is 0.247 e. The summed E-state index contributed by atoms with van der Waals surface area (Å²) in [6.07, 6.45) is 0. The van der Waals surface area contributed by atoms with E-state index >= 15 is 0 Å². The summed E-state index contributed by atoms with van der Waals surface area (Å²) in [5, 5.41) is 0. The predicted molar refractivity (Wildman–Crippen MR) is 86.7 cm³/mol. The Morgan fingerprint density at radius 1 is 1.04 bits per heavy atom. The number of hydrogen-bond donors (Lipinski definition) is 1. The number of amides is 1. The van der Waals surface area contributed by atoms with Gasteiger partial charge in [-0.05, 0) is 54.8 Å². The van der Waals surface area contributed by atoms with E-state index < -0.39 is 6.04 Å². The number of carbonyl (C=O) groups is 1. The fourth-order valence-corrected chi connectivity index (χ4v) is 3.13. The van der Waals surface area contributed by atoms with Crippen molar-refractivity contribution in [2.45, 2.75) is 25.9 Å². The van der Waals surface area contributed by atoms with Gasteiger partial charge in [0.15, 0.2) is 11.5 Å². The van der Waals surface area contributed by atoms with Crippen molar-refractivity contribution in [2.75, 3.05) is 11.7 Å². The minimum atomic E-state index is -0.531. The molecule has 5 nitrogen and oxygen atoms in total. The molecular formula is C18H18N2O3. The summed E-state index contributed by atoms with van der Waals surface area (Å²) in [5.74, 6) is 1.37. The van der Waals surface area contributed by atoms with Gasteiger partial charge >= 0.3 is 0 Å². The predicted octanol–water partition coefficient (Wildman–Crippen LogP) is 2.45. The second-order valence-electron chi connectivity index (χ2n) is 6.06. The van der Waals surface area contributed by atoms with Crippen molar-refractivity contribution in [3.05, 3.63) is 53.1 Å². The maximum absolute atomic E-state index is 12.3. The maximum Gasteiger partial charge on any atom is 0.247 e. The zero-order valence-electron chi connectivity index (χ0n) is 13.1. The molecule has 2 heterocycles. The van der Waals surface area contributed by atoms with Gasteiger partial charge in [-0.1, -0.05) is 12.1 Å². The second-order valence-corrected chi connectivity index (χ2v) is 6.06. The molecule has 5 heteroatoms. The fourth-order valence-electron chi connectivity index (χ4n) is 3.13. The third-order valence-corrected chi connectivity index (χ3v) is 4.65. The lowest BCUT2D eigenvalue weighted by molar-refractivity contribution is -0.126. The van der Waals surface area contributed by atoms with Crippen LogP contribution in [0.2, 0.25) is 0 Å². The van der Waals surface area contributed by atoms with Crippen molar-refractivity contribution >= 4 is 11.6 Å². The van der Waals surface area contributed by atoms with Crippen molar-refractivity contribution < 1.29 is 14.3 Å². The number of hydrogen-bond acceptors (Lipinski definition) is 4. The van der Waals surface area contributed by atoms with E-state index in [0.717, 1.165) is 22.6 Å². The van der Waals surface area contributed by atoms with E-state index in [9.17, 15) is 4.79 Å². The number of fused-ring (bicyclic) bond motifs is 1. The van der Waals surface area contributed by atoms with Crippen LogP contribution >= 0.6 is 0 Å². The molecule has 2 aromatic rings.